The Morgan fingerprint density at radius 2 is 1.70 bits per heavy atom. The van der Waals surface area contributed by atoms with Crippen molar-refractivity contribution in [3.8, 4) is 0 Å². The summed E-state index contributed by atoms with van der Waals surface area (Å²) >= 11 is 0. The highest BCUT2D eigenvalue weighted by Gasteiger charge is 2.40. The molecule has 1 saturated heterocycles. The third-order valence-electron chi connectivity index (χ3n) is 5.48. The zero-order valence-corrected chi connectivity index (χ0v) is 19.4. The number of rotatable bonds is 5. The summed E-state index contributed by atoms with van der Waals surface area (Å²) in [5.74, 6) is -0.181. The molecule has 0 bridgehead atoms. The maximum atomic E-state index is 12.0. The van der Waals surface area contributed by atoms with E-state index in [1.165, 1.54) is 5.69 Å². The zero-order chi connectivity index (χ0) is 20.5. The number of carbonyl (C=O) groups excluding carboxylic acids is 1. The van der Waals surface area contributed by atoms with Crippen LogP contribution in [0.25, 0.3) is 0 Å². The fraction of sp³-hybridized carbons (Fsp3) is 0.682. The molecule has 1 fully saturated rings. The standard InChI is InChI=1S/C22H37NO3Si/c1-21(2,3)25-20(24)15-17-9-11-18(12-10-17)23-14-13-19(16-23)26-27(7,8)22(4,5)6/h9-12,19H,13-16H2,1-8H3. The maximum absolute atomic E-state index is 12.0. The lowest BCUT2D eigenvalue weighted by molar-refractivity contribution is -0.153. The second-order valence-corrected chi connectivity index (χ2v) is 14.9. The predicted octanol–water partition coefficient (Wildman–Crippen LogP) is 5.17. The van der Waals surface area contributed by atoms with Gasteiger partial charge in [-0.05, 0) is 63.0 Å². The van der Waals surface area contributed by atoms with E-state index in [1.54, 1.807) is 0 Å². The summed E-state index contributed by atoms with van der Waals surface area (Å²) in [7, 11) is -1.73. The van der Waals surface area contributed by atoms with Crippen LogP contribution in [0.1, 0.15) is 53.5 Å². The SMILES string of the molecule is CC(C)(C)OC(=O)Cc1ccc(N2CCC(O[Si](C)(C)C(C)(C)C)C2)cc1. The van der Waals surface area contributed by atoms with Gasteiger partial charge in [-0.15, -0.1) is 0 Å². The zero-order valence-electron chi connectivity index (χ0n) is 18.4. The van der Waals surface area contributed by atoms with Crippen LogP contribution in [0.3, 0.4) is 0 Å². The normalized spacial score (nSPS) is 18.7. The highest BCUT2D eigenvalue weighted by molar-refractivity contribution is 6.74. The molecule has 1 aromatic rings. The average molecular weight is 392 g/mol. The molecule has 2 rings (SSSR count). The molecule has 1 atom stereocenters. The molecule has 152 valence electrons. The van der Waals surface area contributed by atoms with E-state index in [0.717, 1.165) is 25.1 Å². The fourth-order valence-electron chi connectivity index (χ4n) is 3.02. The van der Waals surface area contributed by atoms with Gasteiger partial charge in [0.1, 0.15) is 5.60 Å². The molecule has 0 radical (unpaired) electrons. The molecule has 4 nitrogen and oxygen atoms in total. The van der Waals surface area contributed by atoms with Crippen molar-refractivity contribution in [1.29, 1.82) is 0 Å². The summed E-state index contributed by atoms with van der Waals surface area (Å²) in [5.41, 5.74) is 1.75. The Morgan fingerprint density at radius 3 is 2.22 bits per heavy atom. The van der Waals surface area contributed by atoms with Gasteiger partial charge in [0.05, 0.1) is 12.5 Å². The molecule has 1 unspecified atom stereocenters. The fourth-order valence-corrected chi connectivity index (χ4v) is 4.40. The molecule has 0 aliphatic carbocycles. The van der Waals surface area contributed by atoms with Gasteiger partial charge in [-0.1, -0.05) is 32.9 Å². The van der Waals surface area contributed by atoms with Gasteiger partial charge in [0.15, 0.2) is 8.32 Å². The molecule has 5 heteroatoms. The summed E-state index contributed by atoms with van der Waals surface area (Å²) in [4.78, 5) is 14.4. The number of hydrogen-bond donors (Lipinski definition) is 0. The molecule has 1 aliphatic rings. The number of carbonyl (C=O) groups is 1. The Morgan fingerprint density at radius 1 is 1.11 bits per heavy atom. The first-order chi connectivity index (χ1) is 12.3. The Balaban J connectivity index is 1.92. The van der Waals surface area contributed by atoms with E-state index in [-0.39, 0.29) is 11.0 Å². The van der Waals surface area contributed by atoms with Gasteiger partial charge in [0.2, 0.25) is 0 Å². The third-order valence-corrected chi connectivity index (χ3v) is 10.0. The molecule has 0 N–H and O–H groups in total. The number of hydrogen-bond acceptors (Lipinski definition) is 4. The Kier molecular flexibility index (Phi) is 6.47. The van der Waals surface area contributed by atoms with Gasteiger partial charge in [-0.2, -0.15) is 0 Å². The van der Waals surface area contributed by atoms with Gasteiger partial charge >= 0.3 is 5.97 Å². The maximum Gasteiger partial charge on any atom is 0.310 e. The van der Waals surface area contributed by atoms with Crippen LogP contribution in [0.4, 0.5) is 5.69 Å². The lowest BCUT2D eigenvalue weighted by Gasteiger charge is -2.38. The van der Waals surface area contributed by atoms with Crippen LogP contribution in [-0.4, -0.2) is 39.1 Å². The minimum absolute atomic E-state index is 0.181. The first-order valence-electron chi connectivity index (χ1n) is 10.0. The van der Waals surface area contributed by atoms with Crippen molar-refractivity contribution in [2.75, 3.05) is 18.0 Å². The van der Waals surface area contributed by atoms with E-state index in [9.17, 15) is 4.79 Å². The number of benzene rings is 1. The van der Waals surface area contributed by atoms with Crippen LogP contribution < -0.4 is 4.90 Å². The monoisotopic (exact) mass is 391 g/mol. The summed E-state index contributed by atoms with van der Waals surface area (Å²) in [6, 6.07) is 8.27. The number of nitrogens with zero attached hydrogens (tertiary/aromatic N) is 1. The van der Waals surface area contributed by atoms with Gasteiger partial charge in [-0.3, -0.25) is 4.79 Å². The van der Waals surface area contributed by atoms with Crippen LogP contribution in [0.2, 0.25) is 18.1 Å². The molecule has 1 aromatic carbocycles. The summed E-state index contributed by atoms with van der Waals surface area (Å²) in [5, 5.41) is 0.240. The van der Waals surface area contributed by atoms with Crippen molar-refractivity contribution in [2.24, 2.45) is 0 Å². The van der Waals surface area contributed by atoms with Gasteiger partial charge < -0.3 is 14.1 Å². The summed E-state index contributed by atoms with van der Waals surface area (Å²) in [6.45, 7) is 19.1. The lowest BCUT2D eigenvalue weighted by Crippen LogP contribution is -2.44. The molecule has 1 heterocycles. The number of esters is 1. The van der Waals surface area contributed by atoms with Crippen LogP contribution in [0.15, 0.2) is 24.3 Å². The molecule has 27 heavy (non-hydrogen) atoms. The minimum atomic E-state index is -1.73. The minimum Gasteiger partial charge on any atom is -0.460 e. The lowest BCUT2D eigenvalue weighted by atomic mass is 10.1. The molecular formula is C22H37NO3Si. The highest BCUT2D eigenvalue weighted by Crippen LogP contribution is 2.38. The van der Waals surface area contributed by atoms with Crippen molar-refractivity contribution < 1.29 is 14.0 Å². The first-order valence-corrected chi connectivity index (χ1v) is 12.9. The van der Waals surface area contributed by atoms with Gasteiger partial charge in [-0.25, -0.2) is 0 Å². The van der Waals surface area contributed by atoms with Crippen molar-refractivity contribution in [2.45, 2.75) is 84.2 Å². The molecule has 0 saturated carbocycles. The number of anilines is 1. The first kappa shape index (κ1) is 22.0. The summed E-state index contributed by atoms with van der Waals surface area (Å²) in [6.07, 6.45) is 1.70. The molecular weight excluding hydrogens is 354 g/mol. The van der Waals surface area contributed by atoms with Gasteiger partial charge in [0, 0.05) is 18.8 Å². The van der Waals surface area contributed by atoms with E-state index in [0.29, 0.717) is 12.5 Å². The van der Waals surface area contributed by atoms with E-state index in [1.807, 2.05) is 32.9 Å². The van der Waals surface area contributed by atoms with Crippen molar-refractivity contribution in [3.05, 3.63) is 29.8 Å². The molecule has 0 amide bonds. The Bertz CT molecular complexity index is 641. The highest BCUT2D eigenvalue weighted by atomic mass is 28.4. The smallest absolute Gasteiger partial charge is 0.310 e. The van der Waals surface area contributed by atoms with Crippen LogP contribution in [-0.2, 0) is 20.4 Å². The predicted molar refractivity (Wildman–Crippen MR) is 115 cm³/mol. The largest absolute Gasteiger partial charge is 0.460 e. The Hall–Kier alpha value is -1.33. The quantitative estimate of drug-likeness (QED) is 0.513. The van der Waals surface area contributed by atoms with Crippen molar-refractivity contribution >= 4 is 20.0 Å². The van der Waals surface area contributed by atoms with E-state index < -0.39 is 13.9 Å². The van der Waals surface area contributed by atoms with Crippen molar-refractivity contribution in [1.82, 2.24) is 0 Å². The van der Waals surface area contributed by atoms with Gasteiger partial charge in [0.25, 0.3) is 0 Å². The van der Waals surface area contributed by atoms with Crippen LogP contribution >= 0.6 is 0 Å². The van der Waals surface area contributed by atoms with E-state index >= 15 is 0 Å². The number of ether oxygens (including phenoxy) is 1. The van der Waals surface area contributed by atoms with E-state index in [4.69, 9.17) is 9.16 Å². The third kappa shape index (κ3) is 6.35. The van der Waals surface area contributed by atoms with Crippen LogP contribution in [0.5, 0.6) is 0 Å². The average Bonchev–Trinajstić information content (AvgIpc) is 2.92. The second-order valence-electron chi connectivity index (χ2n) is 10.2. The second kappa shape index (κ2) is 7.96. The molecule has 0 spiro atoms. The van der Waals surface area contributed by atoms with Crippen molar-refractivity contribution in [3.63, 3.8) is 0 Å². The molecule has 0 aromatic heterocycles. The van der Waals surface area contributed by atoms with E-state index in [2.05, 4.69) is 50.9 Å². The molecule has 1 aliphatic heterocycles. The Labute approximate surface area is 166 Å². The topological polar surface area (TPSA) is 38.8 Å². The summed E-state index contributed by atoms with van der Waals surface area (Å²) < 4.78 is 12.0. The van der Waals surface area contributed by atoms with Crippen LogP contribution in [0, 0.1) is 0 Å².